The maximum absolute atomic E-state index is 11.9. The topological polar surface area (TPSA) is 71.4 Å². The van der Waals surface area contributed by atoms with E-state index >= 15 is 0 Å². The highest BCUT2D eigenvalue weighted by Crippen LogP contribution is 2.09. The fourth-order valence-electron chi connectivity index (χ4n) is 2.18. The molecule has 0 radical (unpaired) electrons. The number of carbonyl (C=O) groups excluding carboxylic acids is 1. The van der Waals surface area contributed by atoms with Crippen LogP contribution in [-0.4, -0.2) is 59.1 Å². The SMILES string of the molecule is CCC(C)(C)NC(=O)Nc1cnn(CCN2CCOCC2)c1. The number of urea groups is 1. The molecule has 1 aromatic heterocycles. The first-order valence-corrected chi connectivity index (χ1v) is 7.90. The van der Waals surface area contributed by atoms with Gasteiger partial charge in [-0.25, -0.2) is 4.79 Å². The van der Waals surface area contributed by atoms with Crippen molar-refractivity contribution < 1.29 is 9.53 Å². The largest absolute Gasteiger partial charge is 0.379 e. The molecule has 0 bridgehead atoms. The molecule has 0 aliphatic carbocycles. The Morgan fingerprint density at radius 2 is 2.09 bits per heavy atom. The van der Waals surface area contributed by atoms with Crippen LogP contribution < -0.4 is 10.6 Å². The molecule has 1 saturated heterocycles. The molecule has 2 heterocycles. The summed E-state index contributed by atoms with van der Waals surface area (Å²) in [5.74, 6) is 0. The average molecular weight is 309 g/mol. The standard InChI is InChI=1S/C15H27N5O2/c1-4-15(2,3)18-14(21)17-13-11-16-20(12-13)6-5-19-7-9-22-10-8-19/h11-12H,4-10H2,1-3H3,(H2,17,18,21). The van der Waals surface area contributed by atoms with Gasteiger partial charge in [0.1, 0.15) is 0 Å². The molecule has 0 atom stereocenters. The Hall–Kier alpha value is -1.60. The van der Waals surface area contributed by atoms with Crippen molar-refractivity contribution in [2.45, 2.75) is 39.3 Å². The second-order valence-corrected chi connectivity index (χ2v) is 6.26. The lowest BCUT2D eigenvalue weighted by molar-refractivity contribution is 0.0360. The van der Waals surface area contributed by atoms with Crippen LogP contribution in [0.5, 0.6) is 0 Å². The molecule has 124 valence electrons. The molecule has 1 aromatic rings. The van der Waals surface area contributed by atoms with Crippen molar-refractivity contribution in [3.05, 3.63) is 12.4 Å². The van der Waals surface area contributed by atoms with Gasteiger partial charge in [-0.05, 0) is 20.3 Å². The van der Waals surface area contributed by atoms with Crippen molar-refractivity contribution in [2.24, 2.45) is 0 Å². The highest BCUT2D eigenvalue weighted by atomic mass is 16.5. The van der Waals surface area contributed by atoms with Crippen molar-refractivity contribution >= 4 is 11.7 Å². The third-order valence-corrected chi connectivity index (χ3v) is 3.98. The molecule has 0 aromatic carbocycles. The number of carbonyl (C=O) groups is 1. The van der Waals surface area contributed by atoms with Gasteiger partial charge in [0.25, 0.3) is 0 Å². The van der Waals surface area contributed by atoms with Gasteiger partial charge in [0.15, 0.2) is 0 Å². The molecule has 1 aliphatic rings. The number of amides is 2. The summed E-state index contributed by atoms with van der Waals surface area (Å²) >= 11 is 0. The maximum atomic E-state index is 11.9. The van der Waals surface area contributed by atoms with Crippen LogP contribution in [0.3, 0.4) is 0 Å². The highest BCUT2D eigenvalue weighted by molar-refractivity contribution is 5.89. The normalized spacial score (nSPS) is 16.5. The lowest BCUT2D eigenvalue weighted by Gasteiger charge is -2.26. The molecule has 1 aliphatic heterocycles. The molecule has 2 rings (SSSR count). The minimum absolute atomic E-state index is 0.195. The van der Waals surface area contributed by atoms with Gasteiger partial charge in [-0.2, -0.15) is 5.10 Å². The first-order valence-electron chi connectivity index (χ1n) is 7.90. The molecule has 1 fully saturated rings. The molecule has 2 amide bonds. The summed E-state index contributed by atoms with van der Waals surface area (Å²) in [6, 6.07) is -0.195. The minimum atomic E-state index is -0.212. The minimum Gasteiger partial charge on any atom is -0.379 e. The summed E-state index contributed by atoms with van der Waals surface area (Å²) in [4.78, 5) is 14.3. The first-order chi connectivity index (χ1) is 10.5. The van der Waals surface area contributed by atoms with Crippen LogP contribution in [0.25, 0.3) is 0 Å². The van der Waals surface area contributed by atoms with Gasteiger partial charge in [0.05, 0.1) is 31.6 Å². The van der Waals surface area contributed by atoms with Crippen LogP contribution >= 0.6 is 0 Å². The number of rotatable bonds is 6. The van der Waals surface area contributed by atoms with E-state index in [0.29, 0.717) is 5.69 Å². The molecule has 2 N–H and O–H groups in total. The Kier molecular flexibility index (Phi) is 5.79. The van der Waals surface area contributed by atoms with Gasteiger partial charge < -0.3 is 15.4 Å². The zero-order chi connectivity index (χ0) is 16.0. The zero-order valence-electron chi connectivity index (χ0n) is 13.8. The quantitative estimate of drug-likeness (QED) is 0.836. The van der Waals surface area contributed by atoms with Crippen molar-refractivity contribution in [3.63, 3.8) is 0 Å². The van der Waals surface area contributed by atoms with Gasteiger partial charge in [-0.3, -0.25) is 9.58 Å². The number of hydrogen-bond donors (Lipinski definition) is 2. The molecular weight excluding hydrogens is 282 g/mol. The summed E-state index contributed by atoms with van der Waals surface area (Å²) in [7, 11) is 0. The van der Waals surface area contributed by atoms with E-state index in [0.717, 1.165) is 45.8 Å². The van der Waals surface area contributed by atoms with Gasteiger partial charge in [0.2, 0.25) is 0 Å². The Labute approximate surface area is 132 Å². The van der Waals surface area contributed by atoms with Crippen molar-refractivity contribution in [1.29, 1.82) is 0 Å². The number of morpholine rings is 1. The lowest BCUT2D eigenvalue weighted by atomic mass is 10.0. The van der Waals surface area contributed by atoms with E-state index in [9.17, 15) is 4.79 Å². The van der Waals surface area contributed by atoms with Crippen LogP contribution in [0.2, 0.25) is 0 Å². The van der Waals surface area contributed by atoms with E-state index in [1.807, 2.05) is 31.6 Å². The van der Waals surface area contributed by atoms with Crippen LogP contribution in [0.4, 0.5) is 10.5 Å². The van der Waals surface area contributed by atoms with Gasteiger partial charge in [0, 0.05) is 31.4 Å². The number of aromatic nitrogens is 2. The van der Waals surface area contributed by atoms with E-state index in [2.05, 4.69) is 20.6 Å². The average Bonchev–Trinajstić information content (AvgIpc) is 2.93. The van der Waals surface area contributed by atoms with E-state index < -0.39 is 0 Å². The number of anilines is 1. The second kappa shape index (κ2) is 7.60. The second-order valence-electron chi connectivity index (χ2n) is 6.26. The van der Waals surface area contributed by atoms with Crippen molar-refractivity contribution in [1.82, 2.24) is 20.0 Å². The zero-order valence-corrected chi connectivity index (χ0v) is 13.8. The van der Waals surface area contributed by atoms with Crippen molar-refractivity contribution in [2.75, 3.05) is 38.2 Å². The van der Waals surface area contributed by atoms with E-state index in [1.54, 1.807) is 6.20 Å². The molecule has 0 saturated carbocycles. The molecule has 0 unspecified atom stereocenters. The van der Waals surface area contributed by atoms with Crippen LogP contribution in [0, 0.1) is 0 Å². The monoisotopic (exact) mass is 309 g/mol. The highest BCUT2D eigenvalue weighted by Gasteiger charge is 2.18. The fraction of sp³-hybridized carbons (Fsp3) is 0.733. The van der Waals surface area contributed by atoms with E-state index in [4.69, 9.17) is 4.74 Å². The summed E-state index contributed by atoms with van der Waals surface area (Å²) < 4.78 is 7.19. The number of nitrogens with one attached hydrogen (secondary N) is 2. The molecule has 7 nitrogen and oxygen atoms in total. The summed E-state index contributed by atoms with van der Waals surface area (Å²) in [6.45, 7) is 11.4. The Balaban J connectivity index is 1.77. The first kappa shape index (κ1) is 16.8. The molecule has 7 heteroatoms. The number of ether oxygens (including phenoxy) is 1. The molecule has 22 heavy (non-hydrogen) atoms. The summed E-state index contributed by atoms with van der Waals surface area (Å²) in [5, 5.41) is 10.0. The predicted molar refractivity (Wildman–Crippen MR) is 86.0 cm³/mol. The van der Waals surface area contributed by atoms with Gasteiger partial charge in [-0.1, -0.05) is 6.92 Å². The van der Waals surface area contributed by atoms with E-state index in [-0.39, 0.29) is 11.6 Å². The lowest BCUT2D eigenvalue weighted by Crippen LogP contribution is -2.44. The summed E-state index contributed by atoms with van der Waals surface area (Å²) in [6.07, 6.45) is 4.41. The predicted octanol–water partition coefficient (Wildman–Crippen LogP) is 1.53. The summed E-state index contributed by atoms with van der Waals surface area (Å²) in [5.41, 5.74) is 0.502. The smallest absolute Gasteiger partial charge is 0.319 e. The fourth-order valence-corrected chi connectivity index (χ4v) is 2.18. The maximum Gasteiger partial charge on any atom is 0.319 e. The number of hydrogen-bond acceptors (Lipinski definition) is 4. The Morgan fingerprint density at radius 1 is 1.36 bits per heavy atom. The molecular formula is C15H27N5O2. The van der Waals surface area contributed by atoms with Crippen LogP contribution in [0.1, 0.15) is 27.2 Å². The third kappa shape index (κ3) is 5.31. The van der Waals surface area contributed by atoms with Crippen LogP contribution in [0.15, 0.2) is 12.4 Å². The Morgan fingerprint density at radius 3 is 2.77 bits per heavy atom. The van der Waals surface area contributed by atoms with Gasteiger partial charge >= 0.3 is 6.03 Å². The van der Waals surface area contributed by atoms with Crippen molar-refractivity contribution in [3.8, 4) is 0 Å². The number of nitrogens with zero attached hydrogens (tertiary/aromatic N) is 3. The van der Waals surface area contributed by atoms with Crippen LogP contribution in [-0.2, 0) is 11.3 Å². The Bertz CT molecular complexity index is 480. The van der Waals surface area contributed by atoms with E-state index in [1.165, 1.54) is 0 Å². The molecule has 0 spiro atoms. The third-order valence-electron chi connectivity index (χ3n) is 3.98. The van der Waals surface area contributed by atoms with Gasteiger partial charge in [-0.15, -0.1) is 0 Å².